The van der Waals surface area contributed by atoms with Gasteiger partial charge in [0.15, 0.2) is 0 Å². The molecule has 1 fully saturated rings. The maximum atomic E-state index is 13.0. The summed E-state index contributed by atoms with van der Waals surface area (Å²) in [5.74, 6) is 0.0394. The zero-order valence-corrected chi connectivity index (χ0v) is 18.8. The average Bonchev–Trinajstić information content (AvgIpc) is 3.26. The van der Waals surface area contributed by atoms with Gasteiger partial charge in [-0.3, -0.25) is 14.4 Å². The van der Waals surface area contributed by atoms with Gasteiger partial charge in [0.05, 0.1) is 6.04 Å². The van der Waals surface area contributed by atoms with Crippen molar-refractivity contribution >= 4 is 5.91 Å². The van der Waals surface area contributed by atoms with E-state index in [1.807, 2.05) is 21.8 Å². The number of nitrogens with zero attached hydrogens (tertiary/aromatic N) is 4. The van der Waals surface area contributed by atoms with Crippen LogP contribution in [-0.2, 0) is 6.54 Å². The van der Waals surface area contributed by atoms with Gasteiger partial charge >= 0.3 is 0 Å². The fourth-order valence-corrected chi connectivity index (χ4v) is 4.45. The van der Waals surface area contributed by atoms with Crippen LogP contribution < -0.4 is 0 Å². The van der Waals surface area contributed by atoms with E-state index in [1.54, 1.807) is 0 Å². The van der Waals surface area contributed by atoms with Crippen molar-refractivity contribution in [1.82, 2.24) is 19.6 Å². The van der Waals surface area contributed by atoms with Crippen LogP contribution in [-0.4, -0.2) is 51.7 Å². The van der Waals surface area contributed by atoms with Gasteiger partial charge in [-0.05, 0) is 43.0 Å². The first-order chi connectivity index (χ1) is 15.1. The second kappa shape index (κ2) is 9.48. The van der Waals surface area contributed by atoms with E-state index in [4.69, 9.17) is 0 Å². The van der Waals surface area contributed by atoms with E-state index in [0.717, 1.165) is 26.1 Å². The Morgan fingerprint density at radius 3 is 2.45 bits per heavy atom. The van der Waals surface area contributed by atoms with Gasteiger partial charge in [0.25, 0.3) is 5.91 Å². The number of carbonyl (C=O) groups is 1. The Balaban J connectivity index is 1.52. The van der Waals surface area contributed by atoms with Crippen molar-refractivity contribution in [3.63, 3.8) is 0 Å². The summed E-state index contributed by atoms with van der Waals surface area (Å²) in [4.78, 5) is 17.4. The summed E-state index contributed by atoms with van der Waals surface area (Å²) in [6, 6.07) is 19.5. The van der Waals surface area contributed by atoms with Crippen LogP contribution in [0.25, 0.3) is 0 Å². The third-order valence-electron chi connectivity index (χ3n) is 6.12. The largest absolute Gasteiger partial charge is 0.335 e. The molecule has 4 rings (SSSR count). The number of aryl methyl sites for hydroxylation is 3. The Kier molecular flexibility index (Phi) is 6.52. The third-order valence-corrected chi connectivity index (χ3v) is 6.12. The highest BCUT2D eigenvalue weighted by atomic mass is 16.2. The van der Waals surface area contributed by atoms with Crippen LogP contribution in [0.3, 0.4) is 0 Å². The molecule has 1 amide bonds. The minimum atomic E-state index is 0.0394. The number of benzene rings is 2. The van der Waals surface area contributed by atoms with Crippen LogP contribution in [0.1, 0.15) is 52.1 Å². The van der Waals surface area contributed by atoms with E-state index in [1.165, 1.54) is 22.3 Å². The number of aromatic nitrogens is 2. The lowest BCUT2D eigenvalue weighted by atomic mass is 9.92. The molecular formula is C26H32N4O. The predicted octanol–water partition coefficient (Wildman–Crippen LogP) is 4.46. The molecule has 1 aromatic heterocycles. The summed E-state index contributed by atoms with van der Waals surface area (Å²) < 4.78 is 1.86. The molecule has 0 saturated carbocycles. The second-order valence-electron chi connectivity index (χ2n) is 8.47. The fraction of sp³-hybridized carbons (Fsp3) is 0.385. The van der Waals surface area contributed by atoms with E-state index in [-0.39, 0.29) is 11.9 Å². The number of hydrogen-bond acceptors (Lipinski definition) is 3. The zero-order chi connectivity index (χ0) is 21.8. The molecule has 0 N–H and O–H groups in total. The number of hydrogen-bond donors (Lipinski definition) is 0. The van der Waals surface area contributed by atoms with E-state index < -0.39 is 0 Å². The lowest BCUT2D eigenvalue weighted by Gasteiger charge is -2.40. The molecule has 1 saturated heterocycles. The first-order valence-electron chi connectivity index (χ1n) is 11.3. The molecular weight excluding hydrogens is 384 g/mol. The molecule has 0 aliphatic carbocycles. The van der Waals surface area contributed by atoms with Crippen LogP contribution in [0.15, 0.2) is 60.8 Å². The van der Waals surface area contributed by atoms with Gasteiger partial charge in [-0.15, -0.1) is 0 Å². The molecule has 31 heavy (non-hydrogen) atoms. The first-order valence-corrected chi connectivity index (χ1v) is 11.3. The maximum Gasteiger partial charge on any atom is 0.274 e. The molecule has 2 heterocycles. The summed E-state index contributed by atoms with van der Waals surface area (Å²) in [6.45, 7) is 10.4. The van der Waals surface area contributed by atoms with Gasteiger partial charge in [0.1, 0.15) is 5.69 Å². The maximum absolute atomic E-state index is 13.0. The Morgan fingerprint density at radius 1 is 1.00 bits per heavy atom. The second-order valence-corrected chi connectivity index (χ2v) is 8.47. The van der Waals surface area contributed by atoms with E-state index in [2.05, 4.69) is 79.3 Å². The van der Waals surface area contributed by atoms with Crippen molar-refractivity contribution in [3.8, 4) is 0 Å². The number of amides is 1. The van der Waals surface area contributed by atoms with Gasteiger partial charge in [-0.25, -0.2) is 0 Å². The Bertz CT molecular complexity index is 1020. The summed E-state index contributed by atoms with van der Waals surface area (Å²) in [5.41, 5.74) is 5.78. The smallest absolute Gasteiger partial charge is 0.274 e. The lowest BCUT2D eigenvalue weighted by molar-refractivity contribution is 0.0590. The fourth-order valence-electron chi connectivity index (χ4n) is 4.45. The summed E-state index contributed by atoms with van der Waals surface area (Å²) in [5, 5.41) is 4.46. The first kappa shape index (κ1) is 21.3. The standard InChI is InChI=1S/C26H32N4O/c1-4-13-30-14-12-24(27-30)26(31)29-17-15-28(16-18-29)25(22-8-6-5-7-9-22)23-19-20(2)10-11-21(23)3/h5-12,14,19,25H,4,13,15-18H2,1-3H3/t25-/m1/s1. The molecule has 0 spiro atoms. The Labute approximate surface area is 185 Å². The highest BCUT2D eigenvalue weighted by Crippen LogP contribution is 2.32. The average molecular weight is 417 g/mol. The highest BCUT2D eigenvalue weighted by Gasteiger charge is 2.30. The molecule has 2 aromatic carbocycles. The molecule has 5 nitrogen and oxygen atoms in total. The molecule has 0 unspecified atom stereocenters. The van der Waals surface area contributed by atoms with Crippen molar-refractivity contribution < 1.29 is 4.79 Å². The van der Waals surface area contributed by atoms with Crippen molar-refractivity contribution in [2.45, 2.75) is 39.8 Å². The van der Waals surface area contributed by atoms with E-state index in [9.17, 15) is 4.79 Å². The van der Waals surface area contributed by atoms with Crippen LogP contribution >= 0.6 is 0 Å². The van der Waals surface area contributed by atoms with Crippen molar-refractivity contribution in [2.24, 2.45) is 0 Å². The van der Waals surface area contributed by atoms with Crippen molar-refractivity contribution in [3.05, 3.63) is 88.7 Å². The van der Waals surface area contributed by atoms with E-state index in [0.29, 0.717) is 18.8 Å². The summed E-state index contributed by atoms with van der Waals surface area (Å²) >= 11 is 0. The summed E-state index contributed by atoms with van der Waals surface area (Å²) in [7, 11) is 0. The van der Waals surface area contributed by atoms with Gasteiger partial charge in [0, 0.05) is 38.9 Å². The highest BCUT2D eigenvalue weighted by molar-refractivity contribution is 5.92. The molecule has 162 valence electrons. The van der Waals surface area contributed by atoms with Crippen LogP contribution in [0.5, 0.6) is 0 Å². The topological polar surface area (TPSA) is 41.4 Å². The Hall–Kier alpha value is -2.92. The molecule has 5 heteroatoms. The molecule has 0 radical (unpaired) electrons. The minimum absolute atomic E-state index is 0.0394. The Morgan fingerprint density at radius 2 is 1.74 bits per heavy atom. The molecule has 1 atom stereocenters. The van der Waals surface area contributed by atoms with Crippen LogP contribution in [0, 0.1) is 13.8 Å². The van der Waals surface area contributed by atoms with Gasteiger partial charge in [-0.1, -0.05) is 61.0 Å². The van der Waals surface area contributed by atoms with Gasteiger partial charge in [0.2, 0.25) is 0 Å². The SMILES string of the molecule is CCCn1ccc(C(=O)N2CCN([C@H](c3ccccc3)c3cc(C)ccc3C)CC2)n1. The molecule has 1 aliphatic heterocycles. The quantitative estimate of drug-likeness (QED) is 0.596. The molecule has 1 aliphatic rings. The van der Waals surface area contributed by atoms with Gasteiger partial charge in [-0.2, -0.15) is 5.10 Å². The van der Waals surface area contributed by atoms with Crippen molar-refractivity contribution in [2.75, 3.05) is 26.2 Å². The predicted molar refractivity (Wildman–Crippen MR) is 124 cm³/mol. The molecule has 3 aromatic rings. The third kappa shape index (κ3) is 4.72. The normalized spacial score (nSPS) is 15.8. The minimum Gasteiger partial charge on any atom is -0.335 e. The van der Waals surface area contributed by atoms with Crippen molar-refractivity contribution in [1.29, 1.82) is 0 Å². The summed E-state index contributed by atoms with van der Waals surface area (Å²) in [6.07, 6.45) is 2.91. The number of piperazine rings is 1. The number of rotatable bonds is 6. The van der Waals surface area contributed by atoms with Crippen LogP contribution in [0.2, 0.25) is 0 Å². The molecule has 0 bridgehead atoms. The van der Waals surface area contributed by atoms with Crippen LogP contribution in [0.4, 0.5) is 0 Å². The van der Waals surface area contributed by atoms with Gasteiger partial charge < -0.3 is 4.90 Å². The number of carbonyl (C=O) groups excluding carboxylic acids is 1. The zero-order valence-electron chi connectivity index (χ0n) is 18.8. The monoisotopic (exact) mass is 416 g/mol. The van der Waals surface area contributed by atoms with E-state index >= 15 is 0 Å². The lowest BCUT2D eigenvalue weighted by Crippen LogP contribution is -2.50.